The van der Waals surface area contributed by atoms with Gasteiger partial charge in [0.15, 0.2) is 0 Å². The van der Waals surface area contributed by atoms with Crippen LogP contribution in [0.1, 0.15) is 49.3 Å². The molecule has 0 radical (unpaired) electrons. The van der Waals surface area contributed by atoms with Gasteiger partial charge in [-0.3, -0.25) is 0 Å². The Morgan fingerprint density at radius 3 is 2.75 bits per heavy atom. The number of benzene rings is 1. The number of halogens is 1. The summed E-state index contributed by atoms with van der Waals surface area (Å²) in [6.07, 6.45) is 7.08. The van der Waals surface area contributed by atoms with Gasteiger partial charge >= 0.3 is 0 Å². The summed E-state index contributed by atoms with van der Waals surface area (Å²) in [7, 11) is 0. The van der Waals surface area contributed by atoms with Crippen molar-refractivity contribution in [1.29, 1.82) is 0 Å². The molecule has 1 atom stereocenters. The molecule has 2 aliphatic rings. The highest BCUT2D eigenvalue weighted by Gasteiger charge is 2.31. The monoisotopic (exact) mass is 279 g/mol. The van der Waals surface area contributed by atoms with Crippen molar-refractivity contribution in [1.82, 2.24) is 5.32 Å². The number of nitrogens with one attached hydrogen (secondary N) is 1. The van der Waals surface area contributed by atoms with Gasteiger partial charge in [-0.05, 0) is 36.0 Å². The second-order valence-corrected chi connectivity index (χ2v) is 5.92. The summed E-state index contributed by atoms with van der Waals surface area (Å²) in [5.74, 6) is 0.855. The standard InChI is InChI=1S/C14H18BrN/c15-12-8-4-7-11-9-16-14(13(11)12)10-5-2-1-3-6-10/h4,7-8,10,14,16H,1-3,5-6,9H2. The van der Waals surface area contributed by atoms with Gasteiger partial charge in [-0.1, -0.05) is 47.3 Å². The topological polar surface area (TPSA) is 12.0 Å². The molecule has 1 unspecified atom stereocenters. The van der Waals surface area contributed by atoms with Crippen LogP contribution in [0.25, 0.3) is 0 Å². The van der Waals surface area contributed by atoms with Gasteiger partial charge < -0.3 is 5.32 Å². The SMILES string of the molecule is Brc1cccc2c1C(C1CCCCC1)NC2. The zero-order valence-electron chi connectivity index (χ0n) is 9.51. The molecule has 1 saturated carbocycles. The van der Waals surface area contributed by atoms with E-state index in [1.54, 1.807) is 0 Å². The molecule has 0 spiro atoms. The molecule has 1 fully saturated rings. The van der Waals surface area contributed by atoms with Gasteiger partial charge in [-0.2, -0.15) is 0 Å². The van der Waals surface area contributed by atoms with E-state index >= 15 is 0 Å². The quantitative estimate of drug-likeness (QED) is 0.814. The van der Waals surface area contributed by atoms with Crippen molar-refractivity contribution in [2.24, 2.45) is 5.92 Å². The average Bonchev–Trinajstić information content (AvgIpc) is 2.75. The normalized spacial score (nSPS) is 25.7. The summed E-state index contributed by atoms with van der Waals surface area (Å²) in [4.78, 5) is 0. The zero-order valence-corrected chi connectivity index (χ0v) is 11.1. The minimum atomic E-state index is 0.603. The lowest BCUT2D eigenvalue weighted by molar-refractivity contribution is 0.282. The molecular formula is C14H18BrN. The molecule has 3 rings (SSSR count). The van der Waals surface area contributed by atoms with Crippen LogP contribution >= 0.6 is 15.9 Å². The molecule has 1 aromatic rings. The lowest BCUT2D eigenvalue weighted by Crippen LogP contribution is -2.24. The second-order valence-electron chi connectivity index (χ2n) is 5.07. The molecular weight excluding hydrogens is 262 g/mol. The van der Waals surface area contributed by atoms with Crippen LogP contribution in [-0.4, -0.2) is 0 Å². The summed E-state index contributed by atoms with van der Waals surface area (Å²) >= 11 is 3.71. The Morgan fingerprint density at radius 1 is 1.12 bits per heavy atom. The molecule has 0 bridgehead atoms. The van der Waals surface area contributed by atoms with E-state index in [2.05, 4.69) is 39.4 Å². The van der Waals surface area contributed by atoms with Crippen molar-refractivity contribution in [2.45, 2.75) is 44.7 Å². The molecule has 0 amide bonds. The molecule has 0 saturated heterocycles. The Kier molecular flexibility index (Phi) is 3.03. The first-order valence-electron chi connectivity index (χ1n) is 6.37. The highest BCUT2D eigenvalue weighted by Crippen LogP contribution is 2.41. The highest BCUT2D eigenvalue weighted by atomic mass is 79.9. The predicted octanol–water partition coefficient (Wildman–Crippen LogP) is 4.17. The summed E-state index contributed by atoms with van der Waals surface area (Å²) in [6.45, 7) is 1.05. The second kappa shape index (κ2) is 4.50. The molecule has 16 heavy (non-hydrogen) atoms. The number of hydrogen-bond acceptors (Lipinski definition) is 1. The summed E-state index contributed by atoms with van der Waals surface area (Å²) in [5, 5.41) is 3.70. The van der Waals surface area contributed by atoms with Gasteiger partial charge in [-0.15, -0.1) is 0 Å². The molecule has 1 aliphatic heterocycles. The fourth-order valence-corrected chi connectivity index (χ4v) is 3.93. The Labute approximate surface area is 106 Å². The Morgan fingerprint density at radius 2 is 1.94 bits per heavy atom. The van der Waals surface area contributed by atoms with Gasteiger partial charge in [0.05, 0.1) is 0 Å². The van der Waals surface area contributed by atoms with Gasteiger partial charge in [0.2, 0.25) is 0 Å². The lowest BCUT2D eigenvalue weighted by atomic mass is 9.81. The first-order chi connectivity index (χ1) is 7.86. The van der Waals surface area contributed by atoms with Crippen molar-refractivity contribution in [3.8, 4) is 0 Å². The highest BCUT2D eigenvalue weighted by molar-refractivity contribution is 9.10. The maximum absolute atomic E-state index is 3.71. The van der Waals surface area contributed by atoms with E-state index in [0.29, 0.717) is 6.04 Å². The van der Waals surface area contributed by atoms with Gasteiger partial charge in [0.25, 0.3) is 0 Å². The minimum Gasteiger partial charge on any atom is -0.306 e. The van der Waals surface area contributed by atoms with E-state index in [1.807, 2.05) is 0 Å². The van der Waals surface area contributed by atoms with Gasteiger partial charge in [0.1, 0.15) is 0 Å². The molecule has 86 valence electrons. The summed E-state index contributed by atoms with van der Waals surface area (Å²) in [5.41, 5.74) is 3.03. The molecule has 1 heterocycles. The Hall–Kier alpha value is -0.340. The molecule has 1 nitrogen and oxygen atoms in total. The van der Waals surface area contributed by atoms with Crippen LogP contribution < -0.4 is 5.32 Å². The Bertz CT molecular complexity index is 382. The van der Waals surface area contributed by atoms with E-state index in [9.17, 15) is 0 Å². The maximum Gasteiger partial charge on any atom is 0.0366 e. The smallest absolute Gasteiger partial charge is 0.0366 e. The van der Waals surface area contributed by atoms with Crippen LogP contribution in [0.4, 0.5) is 0 Å². The molecule has 2 heteroatoms. The number of fused-ring (bicyclic) bond motifs is 1. The van der Waals surface area contributed by atoms with Gasteiger partial charge in [0, 0.05) is 17.1 Å². The van der Waals surface area contributed by atoms with Crippen molar-refractivity contribution >= 4 is 15.9 Å². The zero-order chi connectivity index (χ0) is 11.0. The maximum atomic E-state index is 3.71. The molecule has 1 N–H and O–H groups in total. The predicted molar refractivity (Wildman–Crippen MR) is 70.3 cm³/mol. The van der Waals surface area contributed by atoms with E-state index in [-0.39, 0.29) is 0 Å². The first-order valence-corrected chi connectivity index (χ1v) is 7.16. The third-order valence-electron chi connectivity index (χ3n) is 4.09. The van der Waals surface area contributed by atoms with Gasteiger partial charge in [-0.25, -0.2) is 0 Å². The first kappa shape index (κ1) is 10.8. The average molecular weight is 280 g/mol. The van der Waals surface area contributed by atoms with Crippen LogP contribution in [0.2, 0.25) is 0 Å². The van der Waals surface area contributed by atoms with Crippen molar-refractivity contribution < 1.29 is 0 Å². The van der Waals surface area contributed by atoms with E-state index in [0.717, 1.165) is 12.5 Å². The fourth-order valence-electron chi connectivity index (χ4n) is 3.28. The Balaban J connectivity index is 1.89. The number of hydrogen-bond donors (Lipinski definition) is 1. The molecule has 0 aromatic heterocycles. The molecule has 1 aromatic carbocycles. The van der Waals surface area contributed by atoms with Crippen LogP contribution in [0, 0.1) is 5.92 Å². The van der Waals surface area contributed by atoms with Crippen LogP contribution in [0.3, 0.4) is 0 Å². The van der Waals surface area contributed by atoms with Crippen LogP contribution in [-0.2, 0) is 6.54 Å². The molecule has 1 aliphatic carbocycles. The summed E-state index contributed by atoms with van der Waals surface area (Å²) < 4.78 is 1.30. The third kappa shape index (κ3) is 1.82. The van der Waals surface area contributed by atoms with Crippen molar-refractivity contribution in [3.63, 3.8) is 0 Å². The number of rotatable bonds is 1. The fraction of sp³-hybridized carbons (Fsp3) is 0.571. The van der Waals surface area contributed by atoms with E-state index in [4.69, 9.17) is 0 Å². The van der Waals surface area contributed by atoms with Crippen molar-refractivity contribution in [2.75, 3.05) is 0 Å². The lowest BCUT2D eigenvalue weighted by Gasteiger charge is -2.28. The van der Waals surface area contributed by atoms with Crippen LogP contribution in [0.15, 0.2) is 22.7 Å². The summed E-state index contributed by atoms with van der Waals surface area (Å²) in [6, 6.07) is 7.19. The van der Waals surface area contributed by atoms with Crippen molar-refractivity contribution in [3.05, 3.63) is 33.8 Å². The van der Waals surface area contributed by atoms with E-state index < -0.39 is 0 Å². The van der Waals surface area contributed by atoms with Crippen LogP contribution in [0.5, 0.6) is 0 Å². The van der Waals surface area contributed by atoms with E-state index in [1.165, 1.54) is 47.7 Å². The largest absolute Gasteiger partial charge is 0.306 e. The third-order valence-corrected chi connectivity index (χ3v) is 4.78. The minimum absolute atomic E-state index is 0.603.